The number of ether oxygens (including phenoxy) is 1. The summed E-state index contributed by atoms with van der Waals surface area (Å²) in [6.07, 6.45) is 4.02. The molecule has 1 N–H and O–H groups in total. The van der Waals surface area contributed by atoms with Gasteiger partial charge in [-0.2, -0.15) is 10.4 Å². The normalized spacial score (nSPS) is 11.0. The lowest BCUT2D eigenvalue weighted by molar-refractivity contribution is 0.0526. The van der Waals surface area contributed by atoms with Gasteiger partial charge in [-0.3, -0.25) is 4.68 Å². The van der Waals surface area contributed by atoms with Crippen molar-refractivity contribution in [2.24, 2.45) is 0 Å². The number of carbonyl (C=O) groups excluding carboxylic acids is 1. The molecule has 132 valence electrons. The topological polar surface area (TPSA) is 79.9 Å². The summed E-state index contributed by atoms with van der Waals surface area (Å²) in [7, 11) is 0. The third kappa shape index (κ3) is 6.24. The van der Waals surface area contributed by atoms with E-state index in [1.54, 1.807) is 12.3 Å². The molecule has 25 heavy (non-hydrogen) atoms. The van der Waals surface area contributed by atoms with Crippen LogP contribution in [0, 0.1) is 11.3 Å². The van der Waals surface area contributed by atoms with Crippen LogP contribution in [0.25, 0.3) is 11.1 Å². The molecule has 0 saturated carbocycles. The summed E-state index contributed by atoms with van der Waals surface area (Å²) in [6, 6.07) is 7.70. The van der Waals surface area contributed by atoms with Crippen LogP contribution in [0.2, 0.25) is 0 Å². The number of nitrogens with zero attached hydrogens (tertiary/aromatic N) is 3. The van der Waals surface area contributed by atoms with Gasteiger partial charge in [-0.15, -0.1) is 0 Å². The zero-order chi connectivity index (χ0) is 18.4. The van der Waals surface area contributed by atoms with Gasteiger partial charge in [-0.05, 0) is 51.0 Å². The van der Waals surface area contributed by atoms with Crippen molar-refractivity contribution in [1.29, 1.82) is 5.26 Å². The Morgan fingerprint density at radius 3 is 2.80 bits per heavy atom. The molecule has 0 aliphatic carbocycles. The first kappa shape index (κ1) is 19.0. The van der Waals surface area contributed by atoms with Crippen molar-refractivity contribution in [3.8, 4) is 17.2 Å². The summed E-state index contributed by atoms with van der Waals surface area (Å²) in [5, 5.41) is 16.1. The van der Waals surface area contributed by atoms with Crippen LogP contribution in [-0.2, 0) is 11.3 Å². The summed E-state index contributed by atoms with van der Waals surface area (Å²) in [4.78, 5) is 11.6. The lowest BCUT2D eigenvalue weighted by atomic mass is 10.1. The number of halogens is 1. The number of hydrogen-bond donors (Lipinski definition) is 1. The molecule has 0 bridgehead atoms. The van der Waals surface area contributed by atoms with Gasteiger partial charge >= 0.3 is 6.09 Å². The minimum absolute atomic E-state index is 0.410. The van der Waals surface area contributed by atoms with Crippen molar-refractivity contribution in [1.82, 2.24) is 15.1 Å². The van der Waals surface area contributed by atoms with Crippen LogP contribution >= 0.6 is 15.9 Å². The highest BCUT2D eigenvalue weighted by Crippen LogP contribution is 2.24. The Hall–Kier alpha value is -2.33. The quantitative estimate of drug-likeness (QED) is 0.760. The second-order valence-corrected chi connectivity index (χ2v) is 7.53. The van der Waals surface area contributed by atoms with Gasteiger partial charge in [0.05, 0.1) is 17.8 Å². The minimum Gasteiger partial charge on any atom is -0.444 e. The Balaban J connectivity index is 1.87. The Morgan fingerprint density at radius 1 is 1.36 bits per heavy atom. The molecule has 2 rings (SSSR count). The third-order valence-corrected chi connectivity index (χ3v) is 3.68. The molecule has 0 spiro atoms. The second kappa shape index (κ2) is 8.17. The molecule has 1 heterocycles. The molecule has 0 aliphatic heterocycles. The largest absolute Gasteiger partial charge is 0.444 e. The number of benzene rings is 1. The summed E-state index contributed by atoms with van der Waals surface area (Å²) in [5.41, 5.74) is 1.98. The standard InChI is InChI=1S/C18H21BrN4O2/c1-18(2,3)25-17(24)21-5-4-6-23-12-15(11-22-23)14-7-13(10-20)8-16(19)9-14/h7-9,11-12H,4-6H2,1-3H3,(H,21,24). The van der Waals surface area contributed by atoms with Gasteiger partial charge in [0, 0.05) is 29.3 Å². The van der Waals surface area contributed by atoms with Crippen molar-refractivity contribution in [2.75, 3.05) is 6.54 Å². The molecule has 7 heteroatoms. The van der Waals surface area contributed by atoms with Gasteiger partial charge in [-0.25, -0.2) is 4.79 Å². The Labute approximate surface area is 155 Å². The van der Waals surface area contributed by atoms with E-state index in [1.165, 1.54) is 0 Å². The molecular weight excluding hydrogens is 384 g/mol. The van der Waals surface area contributed by atoms with Crippen molar-refractivity contribution < 1.29 is 9.53 Å². The van der Waals surface area contributed by atoms with Crippen molar-refractivity contribution >= 4 is 22.0 Å². The van der Waals surface area contributed by atoms with E-state index in [0.717, 1.165) is 22.0 Å². The maximum atomic E-state index is 11.6. The van der Waals surface area contributed by atoms with Crippen LogP contribution in [0.4, 0.5) is 4.79 Å². The summed E-state index contributed by atoms with van der Waals surface area (Å²) < 4.78 is 7.86. The van der Waals surface area contributed by atoms with Gasteiger partial charge in [0.2, 0.25) is 0 Å². The van der Waals surface area contributed by atoms with Crippen LogP contribution in [0.3, 0.4) is 0 Å². The van der Waals surface area contributed by atoms with Crippen LogP contribution in [0.15, 0.2) is 35.1 Å². The SMILES string of the molecule is CC(C)(C)OC(=O)NCCCn1cc(-c2cc(Br)cc(C#N)c2)cn1. The Bertz CT molecular complexity index is 787. The highest BCUT2D eigenvalue weighted by Gasteiger charge is 2.15. The number of hydrogen-bond acceptors (Lipinski definition) is 4. The number of aromatic nitrogens is 2. The monoisotopic (exact) mass is 404 g/mol. The third-order valence-electron chi connectivity index (χ3n) is 3.23. The number of nitriles is 1. The molecule has 1 aromatic carbocycles. The molecular formula is C18H21BrN4O2. The van der Waals surface area contributed by atoms with Crippen LogP contribution < -0.4 is 5.32 Å². The molecule has 0 radical (unpaired) electrons. The summed E-state index contributed by atoms with van der Waals surface area (Å²) in [5.74, 6) is 0. The highest BCUT2D eigenvalue weighted by atomic mass is 79.9. The van der Waals surface area contributed by atoms with Gasteiger partial charge in [-0.1, -0.05) is 15.9 Å². The molecule has 6 nitrogen and oxygen atoms in total. The van der Waals surface area contributed by atoms with E-state index in [-0.39, 0.29) is 0 Å². The van der Waals surface area contributed by atoms with E-state index < -0.39 is 11.7 Å². The van der Waals surface area contributed by atoms with E-state index >= 15 is 0 Å². The Morgan fingerprint density at radius 2 is 2.12 bits per heavy atom. The molecule has 1 amide bonds. The fraction of sp³-hybridized carbons (Fsp3) is 0.389. The van der Waals surface area contributed by atoms with Crippen molar-refractivity contribution in [3.63, 3.8) is 0 Å². The molecule has 0 aliphatic rings. The Kier molecular flexibility index (Phi) is 6.21. The highest BCUT2D eigenvalue weighted by molar-refractivity contribution is 9.10. The second-order valence-electron chi connectivity index (χ2n) is 6.61. The first-order valence-corrected chi connectivity index (χ1v) is 8.76. The van der Waals surface area contributed by atoms with Crippen LogP contribution in [0.5, 0.6) is 0 Å². The molecule has 0 saturated heterocycles. The van der Waals surface area contributed by atoms with E-state index in [0.29, 0.717) is 18.7 Å². The summed E-state index contributed by atoms with van der Waals surface area (Å²) >= 11 is 3.41. The molecule has 0 atom stereocenters. The number of alkyl carbamates (subject to hydrolysis) is 1. The van der Waals surface area contributed by atoms with E-state index in [4.69, 9.17) is 10.00 Å². The van der Waals surface area contributed by atoms with Crippen LogP contribution in [-0.4, -0.2) is 28.0 Å². The van der Waals surface area contributed by atoms with E-state index in [1.807, 2.05) is 43.8 Å². The molecule has 1 aromatic heterocycles. The number of aryl methyl sites for hydroxylation is 1. The fourth-order valence-corrected chi connectivity index (χ4v) is 2.69. The molecule has 0 unspecified atom stereocenters. The maximum Gasteiger partial charge on any atom is 0.407 e. The lowest BCUT2D eigenvalue weighted by Crippen LogP contribution is -2.33. The minimum atomic E-state index is -0.493. The zero-order valence-corrected chi connectivity index (χ0v) is 16.1. The predicted molar refractivity (Wildman–Crippen MR) is 98.9 cm³/mol. The molecule has 2 aromatic rings. The van der Waals surface area contributed by atoms with Gasteiger partial charge < -0.3 is 10.1 Å². The first-order chi connectivity index (χ1) is 11.8. The van der Waals surface area contributed by atoms with E-state index in [2.05, 4.69) is 32.4 Å². The number of carbonyl (C=O) groups is 1. The van der Waals surface area contributed by atoms with Crippen molar-refractivity contribution in [2.45, 2.75) is 39.3 Å². The lowest BCUT2D eigenvalue weighted by Gasteiger charge is -2.19. The van der Waals surface area contributed by atoms with Gasteiger partial charge in [0.1, 0.15) is 5.60 Å². The van der Waals surface area contributed by atoms with E-state index in [9.17, 15) is 4.79 Å². The van der Waals surface area contributed by atoms with Gasteiger partial charge in [0.25, 0.3) is 0 Å². The molecule has 0 fully saturated rings. The average Bonchev–Trinajstić information content (AvgIpc) is 2.98. The average molecular weight is 405 g/mol. The number of nitrogens with one attached hydrogen (secondary N) is 1. The smallest absolute Gasteiger partial charge is 0.407 e. The van der Waals surface area contributed by atoms with Gasteiger partial charge in [0.15, 0.2) is 0 Å². The first-order valence-electron chi connectivity index (χ1n) is 7.97. The predicted octanol–water partition coefficient (Wildman–Crippen LogP) is 4.10. The maximum absolute atomic E-state index is 11.6. The van der Waals surface area contributed by atoms with Crippen LogP contribution in [0.1, 0.15) is 32.8 Å². The fourth-order valence-electron chi connectivity index (χ4n) is 2.20. The summed E-state index contributed by atoms with van der Waals surface area (Å²) in [6.45, 7) is 6.68. The zero-order valence-electron chi connectivity index (χ0n) is 14.5. The number of rotatable bonds is 5. The number of amides is 1. The van der Waals surface area contributed by atoms with Crippen molar-refractivity contribution in [3.05, 3.63) is 40.6 Å².